The van der Waals surface area contributed by atoms with E-state index in [1.165, 1.54) is 6.07 Å². The fourth-order valence-electron chi connectivity index (χ4n) is 0.851. The first-order valence-electron chi connectivity index (χ1n) is 3.41. The Morgan fingerprint density at radius 1 is 1.62 bits per heavy atom. The lowest BCUT2D eigenvalue weighted by Crippen LogP contribution is -1.98. The first kappa shape index (κ1) is 10.3. The molecule has 0 atom stereocenters. The molecule has 1 rings (SSSR count). The Bertz CT molecular complexity index is 371. The van der Waals surface area contributed by atoms with Gasteiger partial charge in [-0.1, -0.05) is 0 Å². The molecule has 0 saturated carbocycles. The van der Waals surface area contributed by atoms with E-state index in [1.807, 2.05) is 22.6 Å². The van der Waals surface area contributed by atoms with Crippen LogP contribution in [-0.2, 0) is 0 Å². The maximum absolute atomic E-state index is 12.3. The molecule has 0 unspecified atom stereocenters. The molecule has 68 valence electrons. The Morgan fingerprint density at radius 3 is 2.69 bits per heavy atom. The van der Waals surface area contributed by atoms with Crippen LogP contribution in [0.3, 0.4) is 0 Å². The van der Waals surface area contributed by atoms with E-state index in [2.05, 4.69) is 4.98 Å². The van der Waals surface area contributed by atoms with E-state index in [0.29, 0.717) is 9.26 Å². The van der Waals surface area contributed by atoms with Gasteiger partial charge in [0, 0.05) is 3.57 Å². The van der Waals surface area contributed by atoms with E-state index < -0.39 is 6.43 Å². The Hall–Kier alpha value is -0.770. The summed E-state index contributed by atoms with van der Waals surface area (Å²) in [4.78, 5) is 3.76. The molecule has 0 fully saturated rings. The van der Waals surface area contributed by atoms with Gasteiger partial charge < -0.3 is 0 Å². The minimum Gasteiger partial charge on any atom is -0.241 e. The highest BCUT2D eigenvalue weighted by Gasteiger charge is 2.15. The molecule has 0 bridgehead atoms. The summed E-state index contributed by atoms with van der Waals surface area (Å²) in [6.45, 7) is 1.68. The number of alkyl halides is 2. The van der Waals surface area contributed by atoms with Crippen LogP contribution in [0, 0.1) is 21.8 Å². The number of rotatable bonds is 1. The normalized spacial score (nSPS) is 10.2. The van der Waals surface area contributed by atoms with Crippen molar-refractivity contribution in [2.75, 3.05) is 0 Å². The van der Waals surface area contributed by atoms with Crippen LogP contribution in [-0.4, -0.2) is 4.98 Å². The molecule has 0 aliphatic rings. The number of pyridine rings is 1. The van der Waals surface area contributed by atoms with Crippen molar-refractivity contribution in [2.24, 2.45) is 0 Å². The summed E-state index contributed by atoms with van der Waals surface area (Å²) in [6, 6.07) is 2.95. The van der Waals surface area contributed by atoms with Crippen LogP contribution in [0.15, 0.2) is 6.07 Å². The molecule has 0 radical (unpaired) electrons. The summed E-state index contributed by atoms with van der Waals surface area (Å²) in [5.41, 5.74) is 0.118. The number of nitrogens with zero attached hydrogens (tertiary/aromatic N) is 2. The predicted octanol–water partition coefficient (Wildman–Crippen LogP) is 2.80. The molecule has 13 heavy (non-hydrogen) atoms. The third kappa shape index (κ3) is 2.12. The van der Waals surface area contributed by atoms with E-state index in [0.717, 1.165) is 0 Å². The molecule has 1 aromatic heterocycles. The summed E-state index contributed by atoms with van der Waals surface area (Å²) < 4.78 is 25.3. The Balaban J connectivity index is 3.35. The smallest absolute Gasteiger partial charge is 0.241 e. The van der Waals surface area contributed by atoms with Gasteiger partial charge in [0.25, 0.3) is 6.43 Å². The minimum absolute atomic E-state index is 0.187. The molecule has 2 nitrogen and oxygen atoms in total. The fourth-order valence-corrected chi connectivity index (χ4v) is 1.31. The second-order valence-electron chi connectivity index (χ2n) is 2.41. The molecule has 1 heterocycles. The van der Waals surface area contributed by atoms with Crippen LogP contribution in [0.4, 0.5) is 8.78 Å². The maximum Gasteiger partial charge on any atom is 0.266 e. The molecule has 0 amide bonds. The molecule has 0 aliphatic heterocycles. The lowest BCUT2D eigenvalue weighted by molar-refractivity contribution is 0.150. The molecule has 1 aromatic rings. The van der Waals surface area contributed by atoms with Crippen LogP contribution >= 0.6 is 22.6 Å². The summed E-state index contributed by atoms with van der Waals surface area (Å²) >= 11 is 1.91. The monoisotopic (exact) mass is 294 g/mol. The molecule has 0 aliphatic carbocycles. The van der Waals surface area contributed by atoms with Crippen molar-refractivity contribution in [1.82, 2.24) is 4.98 Å². The minimum atomic E-state index is -2.64. The number of halogens is 3. The van der Waals surface area contributed by atoms with E-state index in [1.54, 1.807) is 13.0 Å². The van der Waals surface area contributed by atoms with Crippen molar-refractivity contribution in [3.63, 3.8) is 0 Å². The lowest BCUT2D eigenvalue weighted by Gasteiger charge is -2.04. The summed E-state index contributed by atoms with van der Waals surface area (Å²) in [6.07, 6.45) is -2.64. The van der Waals surface area contributed by atoms with E-state index >= 15 is 0 Å². The van der Waals surface area contributed by atoms with Gasteiger partial charge in [0.1, 0.15) is 11.8 Å². The summed E-state index contributed by atoms with van der Waals surface area (Å²) in [5, 5.41) is 8.53. The fraction of sp³-hybridized carbons (Fsp3) is 0.250. The second kappa shape index (κ2) is 3.96. The van der Waals surface area contributed by atoms with Crippen molar-refractivity contribution in [3.8, 4) is 6.07 Å². The number of hydrogen-bond acceptors (Lipinski definition) is 2. The molecule has 0 aromatic carbocycles. The Labute approximate surface area is 87.7 Å². The van der Waals surface area contributed by atoms with Gasteiger partial charge in [-0.3, -0.25) is 0 Å². The molecule has 0 spiro atoms. The topological polar surface area (TPSA) is 36.7 Å². The maximum atomic E-state index is 12.3. The van der Waals surface area contributed by atoms with E-state index in [-0.39, 0.29) is 11.3 Å². The highest BCUT2D eigenvalue weighted by Crippen LogP contribution is 2.24. The predicted molar refractivity (Wildman–Crippen MR) is 51.4 cm³/mol. The summed E-state index contributed by atoms with van der Waals surface area (Å²) in [5.74, 6) is 0. The van der Waals surface area contributed by atoms with Gasteiger partial charge in [0.15, 0.2) is 0 Å². The standard InChI is InChI=1S/C8H5F2IN2/c1-4-6(11)2-5(8(9)10)7(3-12)13-4/h2,8H,1H3. The zero-order chi connectivity index (χ0) is 10.0. The van der Waals surface area contributed by atoms with Gasteiger partial charge in [-0.2, -0.15) is 5.26 Å². The molecule has 0 saturated heterocycles. The van der Waals surface area contributed by atoms with Crippen LogP contribution < -0.4 is 0 Å². The number of hydrogen-bond donors (Lipinski definition) is 0. The third-order valence-corrected chi connectivity index (χ3v) is 2.61. The van der Waals surface area contributed by atoms with Crippen LogP contribution in [0.2, 0.25) is 0 Å². The van der Waals surface area contributed by atoms with Crippen LogP contribution in [0.25, 0.3) is 0 Å². The van der Waals surface area contributed by atoms with Crippen molar-refractivity contribution < 1.29 is 8.78 Å². The number of aryl methyl sites for hydroxylation is 1. The SMILES string of the molecule is Cc1nc(C#N)c(C(F)F)cc1I. The Morgan fingerprint density at radius 2 is 2.23 bits per heavy atom. The van der Waals surface area contributed by atoms with Gasteiger partial charge in [-0.05, 0) is 35.6 Å². The highest BCUT2D eigenvalue weighted by molar-refractivity contribution is 14.1. The first-order valence-corrected chi connectivity index (χ1v) is 4.49. The summed E-state index contributed by atoms with van der Waals surface area (Å²) in [7, 11) is 0. The van der Waals surface area contributed by atoms with Gasteiger partial charge in [-0.25, -0.2) is 13.8 Å². The average molecular weight is 294 g/mol. The lowest BCUT2D eigenvalue weighted by atomic mass is 10.2. The van der Waals surface area contributed by atoms with Crippen molar-refractivity contribution in [3.05, 3.63) is 26.6 Å². The third-order valence-electron chi connectivity index (χ3n) is 1.52. The first-order chi connectivity index (χ1) is 6.06. The van der Waals surface area contributed by atoms with Gasteiger partial charge in [0.05, 0.1) is 11.3 Å². The Kier molecular flexibility index (Phi) is 3.14. The van der Waals surface area contributed by atoms with E-state index in [9.17, 15) is 8.78 Å². The second-order valence-corrected chi connectivity index (χ2v) is 3.57. The van der Waals surface area contributed by atoms with E-state index in [4.69, 9.17) is 5.26 Å². The van der Waals surface area contributed by atoms with Gasteiger partial charge in [-0.15, -0.1) is 0 Å². The molecular weight excluding hydrogens is 289 g/mol. The zero-order valence-electron chi connectivity index (χ0n) is 6.68. The quantitative estimate of drug-likeness (QED) is 0.747. The van der Waals surface area contributed by atoms with Gasteiger partial charge in [0.2, 0.25) is 0 Å². The number of aromatic nitrogens is 1. The van der Waals surface area contributed by atoms with Crippen molar-refractivity contribution >= 4 is 22.6 Å². The van der Waals surface area contributed by atoms with Crippen molar-refractivity contribution in [2.45, 2.75) is 13.3 Å². The molecular formula is C8H5F2IN2. The van der Waals surface area contributed by atoms with Crippen LogP contribution in [0.5, 0.6) is 0 Å². The highest BCUT2D eigenvalue weighted by atomic mass is 127. The van der Waals surface area contributed by atoms with Crippen molar-refractivity contribution in [1.29, 1.82) is 5.26 Å². The van der Waals surface area contributed by atoms with Crippen LogP contribution in [0.1, 0.15) is 23.4 Å². The zero-order valence-corrected chi connectivity index (χ0v) is 8.84. The molecule has 5 heteroatoms. The van der Waals surface area contributed by atoms with Gasteiger partial charge >= 0.3 is 0 Å². The number of nitriles is 1. The largest absolute Gasteiger partial charge is 0.266 e. The average Bonchev–Trinajstić information content (AvgIpc) is 2.08. The molecule has 0 N–H and O–H groups in total.